The van der Waals surface area contributed by atoms with Gasteiger partial charge in [-0.1, -0.05) is 42.5 Å². The molecule has 0 unspecified atom stereocenters. The van der Waals surface area contributed by atoms with Crippen molar-refractivity contribution < 1.29 is 14.3 Å². The van der Waals surface area contributed by atoms with E-state index in [2.05, 4.69) is 0 Å². The van der Waals surface area contributed by atoms with Crippen LogP contribution in [0, 0.1) is 11.2 Å². The minimum Gasteiger partial charge on any atom is -0.384 e. The first-order valence-corrected chi connectivity index (χ1v) is 8.06. The van der Waals surface area contributed by atoms with Crippen LogP contribution in [0.1, 0.15) is 43.9 Å². The number of carbonyl (C=O) groups excluding carboxylic acids is 1. The Morgan fingerprint density at radius 1 is 1.12 bits per heavy atom. The monoisotopic (exact) mass is 324 g/mol. The zero-order chi connectivity index (χ0) is 17.5. The number of Topliss-reactive ketones (excluding diaryl/α,β-unsaturated/α-hetero) is 1. The number of halogens is 1. The lowest BCUT2D eigenvalue weighted by Crippen LogP contribution is -2.49. The molecule has 0 radical (unpaired) electrons. The van der Waals surface area contributed by atoms with Crippen LogP contribution in [0.4, 0.5) is 4.39 Å². The van der Waals surface area contributed by atoms with E-state index in [1.807, 2.05) is 24.3 Å². The van der Waals surface area contributed by atoms with Gasteiger partial charge in [-0.15, -0.1) is 0 Å². The van der Waals surface area contributed by atoms with Gasteiger partial charge in [0.15, 0.2) is 0 Å². The fourth-order valence-electron chi connectivity index (χ4n) is 3.51. The van der Waals surface area contributed by atoms with Gasteiger partial charge < -0.3 is 5.11 Å². The molecule has 0 aliphatic heterocycles. The van der Waals surface area contributed by atoms with Gasteiger partial charge in [0.25, 0.3) is 0 Å². The molecular weight excluding hydrogens is 303 g/mol. The molecule has 124 valence electrons. The summed E-state index contributed by atoms with van der Waals surface area (Å²) in [7, 11) is 0. The number of rotatable bonds is 2. The highest BCUT2D eigenvalue weighted by Gasteiger charge is 2.52. The molecule has 2 nitrogen and oxygen atoms in total. The molecule has 0 heterocycles. The summed E-state index contributed by atoms with van der Waals surface area (Å²) in [4.78, 5) is 12.3. The summed E-state index contributed by atoms with van der Waals surface area (Å²) < 4.78 is 14.1. The molecule has 0 fully saturated rings. The highest BCUT2D eigenvalue weighted by atomic mass is 19.1. The van der Waals surface area contributed by atoms with Gasteiger partial charge >= 0.3 is 0 Å². The fourth-order valence-corrected chi connectivity index (χ4v) is 3.51. The van der Waals surface area contributed by atoms with Gasteiger partial charge in [0.1, 0.15) is 11.6 Å². The summed E-state index contributed by atoms with van der Waals surface area (Å²) in [5, 5.41) is 11.1. The Morgan fingerprint density at radius 2 is 1.75 bits per heavy atom. The molecule has 0 amide bonds. The third-order valence-electron chi connectivity index (χ3n) is 5.43. The summed E-state index contributed by atoms with van der Waals surface area (Å²) in [5.41, 5.74) is 0.677. The average Bonchev–Trinajstić information content (AvgIpc) is 2.54. The summed E-state index contributed by atoms with van der Waals surface area (Å²) in [6.07, 6.45) is 2.14. The molecule has 3 rings (SSSR count). The molecule has 1 N–H and O–H groups in total. The predicted octanol–water partition coefficient (Wildman–Crippen LogP) is 4.57. The third-order valence-corrected chi connectivity index (χ3v) is 5.43. The zero-order valence-electron chi connectivity index (χ0n) is 14.1. The van der Waals surface area contributed by atoms with Gasteiger partial charge in [-0.25, -0.2) is 4.39 Å². The summed E-state index contributed by atoms with van der Waals surface area (Å²) in [6.45, 7) is 4.97. The second-order valence-electron chi connectivity index (χ2n) is 6.87. The van der Waals surface area contributed by atoms with Crippen LogP contribution in [0.25, 0.3) is 11.6 Å². The van der Waals surface area contributed by atoms with E-state index in [4.69, 9.17) is 0 Å². The van der Waals surface area contributed by atoms with Crippen LogP contribution >= 0.6 is 0 Å². The van der Waals surface area contributed by atoms with E-state index in [-0.39, 0.29) is 11.6 Å². The van der Waals surface area contributed by atoms with Crippen molar-refractivity contribution in [2.75, 3.05) is 0 Å². The van der Waals surface area contributed by atoms with Crippen LogP contribution in [0.2, 0.25) is 0 Å². The summed E-state index contributed by atoms with van der Waals surface area (Å²) in [5.74, 6) is -0.384. The molecule has 0 spiro atoms. The Bertz CT molecular complexity index is 835. The number of allylic oxidation sites excluding steroid dienone is 1. The number of hydrogen-bond acceptors (Lipinski definition) is 2. The van der Waals surface area contributed by atoms with Crippen LogP contribution in [0.3, 0.4) is 0 Å². The van der Waals surface area contributed by atoms with E-state index in [1.165, 1.54) is 13.0 Å². The molecule has 3 heteroatoms. The first-order valence-electron chi connectivity index (χ1n) is 8.06. The Kier molecular flexibility index (Phi) is 3.92. The van der Waals surface area contributed by atoms with E-state index < -0.39 is 11.0 Å². The minimum atomic E-state index is -1.28. The van der Waals surface area contributed by atoms with Gasteiger partial charge in [-0.05, 0) is 56.0 Å². The van der Waals surface area contributed by atoms with Crippen LogP contribution in [-0.4, -0.2) is 10.9 Å². The molecule has 2 aromatic rings. The largest absolute Gasteiger partial charge is 0.384 e. The molecule has 0 aromatic heterocycles. The zero-order valence-corrected chi connectivity index (χ0v) is 14.1. The van der Waals surface area contributed by atoms with Crippen molar-refractivity contribution in [3.8, 4) is 0 Å². The van der Waals surface area contributed by atoms with Crippen molar-refractivity contribution in [2.24, 2.45) is 5.41 Å². The van der Waals surface area contributed by atoms with Crippen LogP contribution in [0.15, 0.2) is 48.5 Å². The number of carbonyl (C=O) groups is 1. The number of aliphatic hydroxyl groups is 1. The molecule has 2 aromatic carbocycles. The first-order chi connectivity index (χ1) is 11.3. The summed E-state index contributed by atoms with van der Waals surface area (Å²) in [6, 6.07) is 14.0. The normalized spacial score (nSPS) is 27.8. The number of hydrogen-bond donors (Lipinski definition) is 1. The molecular formula is C21H21FO2. The topological polar surface area (TPSA) is 37.3 Å². The second kappa shape index (κ2) is 5.67. The number of fused-ring (bicyclic) bond motifs is 1. The molecule has 0 saturated heterocycles. The minimum absolute atomic E-state index is 0.0820. The molecule has 1 aliphatic carbocycles. The van der Waals surface area contributed by atoms with Crippen molar-refractivity contribution in [2.45, 2.75) is 32.8 Å². The molecule has 2 atom stereocenters. The van der Waals surface area contributed by atoms with Crippen molar-refractivity contribution >= 4 is 17.4 Å². The standard InChI is InChI=1S/C21H21FO2/c1-14(23)20(2)13-16(12-15-8-4-7-11-19(15)22)17-9-5-6-10-18(17)21(20,3)24/h4-12,24H,13H2,1-3H3/b16-12+/t20-,21-/m0/s1. The maximum Gasteiger partial charge on any atom is 0.139 e. The van der Waals surface area contributed by atoms with Gasteiger partial charge in [0.05, 0.1) is 11.0 Å². The lowest BCUT2D eigenvalue weighted by atomic mass is 9.59. The molecule has 0 bridgehead atoms. The Balaban J connectivity index is 2.25. The van der Waals surface area contributed by atoms with Crippen LogP contribution < -0.4 is 0 Å². The van der Waals surface area contributed by atoms with Crippen molar-refractivity contribution in [1.29, 1.82) is 0 Å². The number of benzene rings is 2. The highest BCUT2D eigenvalue weighted by molar-refractivity contribution is 5.92. The van der Waals surface area contributed by atoms with E-state index in [0.717, 1.165) is 11.1 Å². The van der Waals surface area contributed by atoms with E-state index in [9.17, 15) is 14.3 Å². The Morgan fingerprint density at radius 3 is 2.42 bits per heavy atom. The van der Waals surface area contributed by atoms with Gasteiger partial charge in [-0.2, -0.15) is 0 Å². The summed E-state index contributed by atoms with van der Waals surface area (Å²) >= 11 is 0. The second-order valence-corrected chi connectivity index (χ2v) is 6.87. The lowest BCUT2D eigenvalue weighted by molar-refractivity contribution is -0.143. The average molecular weight is 324 g/mol. The highest BCUT2D eigenvalue weighted by Crippen LogP contribution is 2.53. The number of ketones is 1. The fraction of sp³-hybridized carbons (Fsp3) is 0.286. The Labute approximate surface area is 141 Å². The molecule has 24 heavy (non-hydrogen) atoms. The molecule has 0 saturated carbocycles. The van der Waals surface area contributed by atoms with Crippen LogP contribution in [0.5, 0.6) is 0 Å². The predicted molar refractivity (Wildman–Crippen MR) is 93.7 cm³/mol. The maximum atomic E-state index is 14.1. The van der Waals surface area contributed by atoms with Crippen molar-refractivity contribution in [1.82, 2.24) is 0 Å². The van der Waals surface area contributed by atoms with E-state index >= 15 is 0 Å². The van der Waals surface area contributed by atoms with Gasteiger partial charge in [0, 0.05) is 5.56 Å². The smallest absolute Gasteiger partial charge is 0.139 e. The van der Waals surface area contributed by atoms with Crippen LogP contribution in [-0.2, 0) is 10.4 Å². The Hall–Kier alpha value is -2.26. The van der Waals surface area contributed by atoms with Gasteiger partial charge in [-0.3, -0.25) is 4.79 Å². The lowest BCUT2D eigenvalue weighted by Gasteiger charge is -2.46. The third kappa shape index (κ3) is 2.40. The van der Waals surface area contributed by atoms with Crippen molar-refractivity contribution in [3.63, 3.8) is 0 Å². The first kappa shape index (κ1) is 16.6. The van der Waals surface area contributed by atoms with E-state index in [1.54, 1.807) is 38.1 Å². The quantitative estimate of drug-likeness (QED) is 0.878. The van der Waals surface area contributed by atoms with Gasteiger partial charge in [0.2, 0.25) is 0 Å². The maximum absolute atomic E-state index is 14.1. The van der Waals surface area contributed by atoms with Crippen molar-refractivity contribution in [3.05, 3.63) is 71.0 Å². The van der Waals surface area contributed by atoms with E-state index in [0.29, 0.717) is 17.5 Å². The molecule has 1 aliphatic rings. The SMILES string of the molecule is CC(=O)[C@]1(C)C/C(=C\c2ccccc2F)c2ccccc2[C@]1(C)O.